The van der Waals surface area contributed by atoms with Crippen LogP contribution in [0.4, 0.5) is 0 Å². The minimum atomic E-state index is -0.161. The third-order valence-electron chi connectivity index (χ3n) is 5.39. The first kappa shape index (κ1) is 18.3. The highest BCUT2D eigenvalue weighted by atomic mass is 16.5. The Hall–Kier alpha value is -2.52. The lowest BCUT2D eigenvalue weighted by atomic mass is 9.82. The number of nitrogens with zero attached hydrogens (tertiary/aromatic N) is 3. The molecule has 2 bridgehead atoms. The van der Waals surface area contributed by atoms with Gasteiger partial charge in [0.15, 0.2) is 0 Å². The number of benzene rings is 1. The standard InChI is InChI=1S/C19H22N2O2.CBN/c1-4-23-19(22)13-9-10-16-18-14(11-17(13)20(16)2)12-7-5-6-8-15(12)21(18)3;2-1-3/h5-9,16-17H,4,10-11H2,1-3H3;/t16-,17-;/m0./s1. The summed E-state index contributed by atoms with van der Waals surface area (Å²) in [5.41, 5.74) is 4.88. The van der Waals surface area contributed by atoms with Gasteiger partial charge in [0.1, 0.15) is 0 Å². The van der Waals surface area contributed by atoms with Gasteiger partial charge in [-0.25, -0.2) is 10.1 Å². The molecule has 6 heteroatoms. The van der Waals surface area contributed by atoms with E-state index in [1.54, 1.807) is 0 Å². The molecule has 2 radical (unpaired) electrons. The Morgan fingerprint density at radius 3 is 2.73 bits per heavy atom. The summed E-state index contributed by atoms with van der Waals surface area (Å²) in [4.78, 5) is 14.6. The smallest absolute Gasteiger partial charge is 0.335 e. The summed E-state index contributed by atoms with van der Waals surface area (Å²) in [6, 6.07) is 9.01. The number of nitriles is 1. The highest BCUT2D eigenvalue weighted by Crippen LogP contribution is 2.44. The van der Waals surface area contributed by atoms with E-state index in [2.05, 4.69) is 61.8 Å². The van der Waals surface area contributed by atoms with Gasteiger partial charge >= 0.3 is 5.97 Å². The largest absolute Gasteiger partial charge is 0.463 e. The molecule has 2 aliphatic rings. The highest BCUT2D eigenvalue weighted by molar-refractivity contribution is 6.20. The molecule has 0 amide bonds. The Kier molecular flexibility index (Phi) is 5.19. The van der Waals surface area contributed by atoms with Crippen LogP contribution in [0.15, 0.2) is 35.9 Å². The van der Waals surface area contributed by atoms with E-state index in [9.17, 15) is 4.79 Å². The van der Waals surface area contributed by atoms with E-state index in [4.69, 9.17) is 10.00 Å². The third-order valence-corrected chi connectivity index (χ3v) is 5.39. The first-order chi connectivity index (χ1) is 12.5. The van der Waals surface area contributed by atoms with Crippen molar-refractivity contribution in [3.05, 3.63) is 47.2 Å². The SMILES string of the molecule is CCOC(=O)C1=CC[C@H]2c3c(c4ccccc4n3C)C[C@@H]1N2C.[B]C#N. The normalized spacial score (nSPS) is 21.1. The molecule has 2 atom stereocenters. The van der Waals surface area contributed by atoms with E-state index in [1.807, 2.05) is 6.92 Å². The number of hydrogen-bond acceptors (Lipinski definition) is 4. The zero-order chi connectivity index (χ0) is 18.8. The monoisotopic (exact) mass is 347 g/mol. The molecule has 2 aliphatic heterocycles. The van der Waals surface area contributed by atoms with Crippen LogP contribution in [0, 0.1) is 11.2 Å². The number of carbonyl (C=O) groups is 1. The Balaban J connectivity index is 0.000000613. The van der Waals surface area contributed by atoms with Crippen molar-refractivity contribution in [1.82, 2.24) is 9.47 Å². The molecular formula is C20H22BN3O2. The van der Waals surface area contributed by atoms with Gasteiger partial charge in [-0.1, -0.05) is 24.3 Å². The topological polar surface area (TPSA) is 58.3 Å². The molecule has 132 valence electrons. The number of rotatable bonds is 2. The molecule has 2 aromatic rings. The fourth-order valence-electron chi connectivity index (χ4n) is 4.29. The molecule has 0 unspecified atom stereocenters. The number of carbonyl (C=O) groups excluding carboxylic acids is 1. The van der Waals surface area contributed by atoms with Crippen LogP contribution >= 0.6 is 0 Å². The number of aromatic nitrogens is 1. The van der Waals surface area contributed by atoms with Gasteiger partial charge < -0.3 is 9.30 Å². The van der Waals surface area contributed by atoms with E-state index < -0.39 is 0 Å². The number of likely N-dealkylation sites (N-methyl/N-ethyl adjacent to an activating group) is 1. The van der Waals surface area contributed by atoms with Gasteiger partial charge in [0.05, 0.1) is 18.2 Å². The number of esters is 1. The molecule has 3 heterocycles. The van der Waals surface area contributed by atoms with Crippen molar-refractivity contribution >= 4 is 24.7 Å². The average Bonchev–Trinajstić information content (AvgIpc) is 2.89. The number of aryl methyl sites for hydroxylation is 1. The molecule has 1 aromatic heterocycles. The fraction of sp³-hybridized carbons (Fsp3) is 0.400. The first-order valence-corrected chi connectivity index (χ1v) is 8.80. The summed E-state index contributed by atoms with van der Waals surface area (Å²) < 4.78 is 7.59. The van der Waals surface area contributed by atoms with Crippen molar-refractivity contribution in [2.75, 3.05) is 13.7 Å². The molecule has 0 fully saturated rings. The number of fused-ring (bicyclic) bond motifs is 6. The summed E-state index contributed by atoms with van der Waals surface area (Å²) in [6.45, 7) is 2.28. The van der Waals surface area contributed by atoms with E-state index in [-0.39, 0.29) is 12.0 Å². The van der Waals surface area contributed by atoms with Crippen molar-refractivity contribution < 1.29 is 9.53 Å². The summed E-state index contributed by atoms with van der Waals surface area (Å²) >= 11 is 0. The molecule has 0 spiro atoms. The van der Waals surface area contributed by atoms with Gasteiger partial charge in [-0.2, -0.15) is 0 Å². The molecule has 0 saturated heterocycles. The number of hydrogen-bond donors (Lipinski definition) is 0. The Morgan fingerprint density at radius 2 is 2.04 bits per heavy atom. The molecule has 0 N–H and O–H groups in total. The van der Waals surface area contributed by atoms with E-state index >= 15 is 0 Å². The van der Waals surface area contributed by atoms with Crippen molar-refractivity contribution in [2.24, 2.45) is 7.05 Å². The van der Waals surface area contributed by atoms with Gasteiger partial charge in [-0.15, -0.1) is 0 Å². The zero-order valence-electron chi connectivity index (χ0n) is 15.4. The third kappa shape index (κ3) is 2.83. The quantitative estimate of drug-likeness (QED) is 0.619. The lowest BCUT2D eigenvalue weighted by Gasteiger charge is -2.43. The maximum atomic E-state index is 12.3. The molecule has 4 rings (SSSR count). The maximum Gasteiger partial charge on any atom is 0.335 e. The van der Waals surface area contributed by atoms with E-state index in [1.165, 1.54) is 28.1 Å². The van der Waals surface area contributed by atoms with Crippen LogP contribution in [-0.2, 0) is 23.0 Å². The van der Waals surface area contributed by atoms with Gasteiger partial charge in [-0.05, 0) is 44.4 Å². The molecule has 0 aliphatic carbocycles. The second-order valence-electron chi connectivity index (χ2n) is 6.59. The van der Waals surface area contributed by atoms with Crippen molar-refractivity contribution in [3.8, 4) is 5.97 Å². The molecule has 1 aromatic carbocycles. The van der Waals surface area contributed by atoms with Crippen LogP contribution in [0.25, 0.3) is 10.9 Å². The van der Waals surface area contributed by atoms with Crippen LogP contribution in [0.2, 0.25) is 0 Å². The molecular weight excluding hydrogens is 325 g/mol. The summed E-state index contributed by atoms with van der Waals surface area (Å²) in [5.74, 6) is 1.09. The molecule has 0 saturated carbocycles. The predicted molar refractivity (Wildman–Crippen MR) is 102 cm³/mol. The van der Waals surface area contributed by atoms with Crippen molar-refractivity contribution in [1.29, 1.82) is 5.26 Å². The summed E-state index contributed by atoms with van der Waals surface area (Å²) in [5, 5.41) is 8.42. The first-order valence-electron chi connectivity index (χ1n) is 8.80. The van der Waals surface area contributed by atoms with Crippen LogP contribution < -0.4 is 0 Å². The van der Waals surface area contributed by atoms with Gasteiger partial charge in [0.2, 0.25) is 7.85 Å². The van der Waals surface area contributed by atoms with Crippen LogP contribution in [-0.4, -0.2) is 43.0 Å². The Labute approximate surface area is 155 Å². The van der Waals surface area contributed by atoms with E-state index in [0.29, 0.717) is 12.6 Å². The van der Waals surface area contributed by atoms with Gasteiger partial charge in [0.25, 0.3) is 0 Å². The van der Waals surface area contributed by atoms with E-state index in [0.717, 1.165) is 18.4 Å². The molecule has 5 nitrogen and oxygen atoms in total. The van der Waals surface area contributed by atoms with Gasteiger partial charge in [0, 0.05) is 29.7 Å². The Bertz CT molecular complexity index is 910. The highest BCUT2D eigenvalue weighted by Gasteiger charge is 2.41. The minimum Gasteiger partial charge on any atom is -0.463 e. The van der Waals surface area contributed by atoms with Crippen LogP contribution in [0.3, 0.4) is 0 Å². The summed E-state index contributed by atoms with van der Waals surface area (Å²) in [7, 11) is 8.43. The lowest BCUT2D eigenvalue weighted by Crippen LogP contribution is -2.46. The van der Waals surface area contributed by atoms with Crippen molar-refractivity contribution in [3.63, 3.8) is 0 Å². The lowest BCUT2D eigenvalue weighted by molar-refractivity contribution is -0.139. The van der Waals surface area contributed by atoms with Crippen LogP contribution in [0.5, 0.6) is 0 Å². The fourth-order valence-corrected chi connectivity index (χ4v) is 4.29. The summed E-state index contributed by atoms with van der Waals surface area (Å²) in [6.07, 6.45) is 3.82. The Morgan fingerprint density at radius 1 is 1.35 bits per heavy atom. The van der Waals surface area contributed by atoms with Crippen LogP contribution in [0.1, 0.15) is 30.6 Å². The number of ether oxygens (including phenoxy) is 1. The zero-order valence-corrected chi connectivity index (χ0v) is 15.4. The minimum absolute atomic E-state index is 0.117. The van der Waals surface area contributed by atoms with Crippen molar-refractivity contribution in [2.45, 2.75) is 31.8 Å². The predicted octanol–water partition coefficient (Wildman–Crippen LogP) is 2.61. The molecule has 26 heavy (non-hydrogen) atoms. The average molecular weight is 347 g/mol. The second kappa shape index (κ2) is 7.39. The second-order valence-corrected chi connectivity index (χ2v) is 6.59. The number of para-hydroxylation sites is 1. The van der Waals surface area contributed by atoms with Gasteiger partial charge in [-0.3, -0.25) is 4.90 Å². The maximum absolute atomic E-state index is 12.3.